The Morgan fingerprint density at radius 1 is 1.32 bits per heavy atom. The molecule has 0 saturated heterocycles. The van der Waals surface area contributed by atoms with Crippen LogP contribution in [0.1, 0.15) is 16.3 Å². The highest BCUT2D eigenvalue weighted by Crippen LogP contribution is 2.08. The molecule has 0 unspecified atom stereocenters. The fourth-order valence-corrected chi connectivity index (χ4v) is 1.90. The zero-order valence-electron chi connectivity index (χ0n) is 11.8. The first-order valence-electron chi connectivity index (χ1n) is 6.56. The summed E-state index contributed by atoms with van der Waals surface area (Å²) in [5.41, 5.74) is 0.801. The van der Waals surface area contributed by atoms with Crippen molar-refractivity contribution in [3.8, 4) is 5.69 Å². The normalized spacial score (nSPS) is 10.6. The number of amides is 1. The van der Waals surface area contributed by atoms with E-state index in [0.717, 1.165) is 5.82 Å². The van der Waals surface area contributed by atoms with E-state index in [-0.39, 0.29) is 17.4 Å². The van der Waals surface area contributed by atoms with Gasteiger partial charge in [-0.3, -0.25) is 4.79 Å². The Balaban J connectivity index is 1.69. The van der Waals surface area contributed by atoms with Crippen LogP contribution in [0.5, 0.6) is 0 Å². The third-order valence-electron chi connectivity index (χ3n) is 3.15. The van der Waals surface area contributed by atoms with Crippen LogP contribution in [0.3, 0.4) is 0 Å². The molecule has 0 fully saturated rings. The van der Waals surface area contributed by atoms with E-state index >= 15 is 0 Å². The van der Waals surface area contributed by atoms with Crippen molar-refractivity contribution in [1.29, 1.82) is 0 Å². The number of hydrogen-bond acceptors (Lipinski definition) is 4. The maximum Gasteiger partial charge on any atom is 0.273 e. The highest BCUT2D eigenvalue weighted by Gasteiger charge is 2.12. The molecule has 1 aromatic carbocycles. The van der Waals surface area contributed by atoms with Crippen molar-refractivity contribution in [2.75, 3.05) is 0 Å². The van der Waals surface area contributed by atoms with Crippen LogP contribution in [0.2, 0.25) is 0 Å². The van der Waals surface area contributed by atoms with Gasteiger partial charge >= 0.3 is 0 Å². The topological polar surface area (TPSA) is 77.6 Å². The van der Waals surface area contributed by atoms with Crippen LogP contribution < -0.4 is 5.32 Å². The molecular formula is C14H13FN6O. The van der Waals surface area contributed by atoms with Gasteiger partial charge < -0.3 is 9.88 Å². The molecule has 2 heterocycles. The van der Waals surface area contributed by atoms with Crippen LogP contribution in [0.25, 0.3) is 5.69 Å². The molecular weight excluding hydrogens is 287 g/mol. The van der Waals surface area contributed by atoms with Gasteiger partial charge in [-0.2, -0.15) is 0 Å². The summed E-state index contributed by atoms with van der Waals surface area (Å²) >= 11 is 0. The molecule has 3 rings (SSSR count). The fourth-order valence-electron chi connectivity index (χ4n) is 1.90. The molecule has 0 saturated carbocycles. The van der Waals surface area contributed by atoms with Crippen molar-refractivity contribution >= 4 is 5.91 Å². The van der Waals surface area contributed by atoms with Crippen LogP contribution in [0.15, 0.2) is 42.9 Å². The lowest BCUT2D eigenvalue weighted by atomic mass is 10.3. The fraction of sp³-hybridized carbons (Fsp3) is 0.143. The molecule has 0 bridgehead atoms. The first-order chi connectivity index (χ1) is 10.6. The third-order valence-corrected chi connectivity index (χ3v) is 3.15. The average molecular weight is 300 g/mol. The predicted molar refractivity (Wildman–Crippen MR) is 75.7 cm³/mol. The van der Waals surface area contributed by atoms with Gasteiger partial charge in [-0.1, -0.05) is 5.21 Å². The number of nitrogens with zero attached hydrogens (tertiary/aromatic N) is 5. The van der Waals surface area contributed by atoms with Crippen molar-refractivity contribution in [1.82, 2.24) is 29.9 Å². The summed E-state index contributed by atoms with van der Waals surface area (Å²) in [5.74, 6) is 0.0486. The standard InChI is InChI=1S/C14H13FN6O/c1-20-7-6-16-13(20)8-17-14(22)12-9-21(19-18-12)11-4-2-10(15)3-5-11/h2-7,9H,8H2,1H3,(H,17,22). The Morgan fingerprint density at radius 3 is 2.77 bits per heavy atom. The molecule has 3 aromatic rings. The summed E-state index contributed by atoms with van der Waals surface area (Å²) in [5, 5.41) is 10.4. The zero-order chi connectivity index (χ0) is 15.5. The van der Waals surface area contributed by atoms with E-state index in [9.17, 15) is 9.18 Å². The number of nitrogens with one attached hydrogen (secondary N) is 1. The SMILES string of the molecule is Cn1ccnc1CNC(=O)c1cn(-c2ccc(F)cc2)nn1. The number of aromatic nitrogens is 5. The number of rotatable bonds is 4. The molecule has 0 aliphatic rings. The summed E-state index contributed by atoms with van der Waals surface area (Å²) in [6.45, 7) is 0.297. The second kappa shape index (κ2) is 5.76. The van der Waals surface area contributed by atoms with E-state index in [2.05, 4.69) is 20.6 Å². The van der Waals surface area contributed by atoms with E-state index in [1.54, 1.807) is 24.5 Å². The van der Waals surface area contributed by atoms with Gasteiger partial charge in [-0.15, -0.1) is 5.10 Å². The molecule has 0 atom stereocenters. The summed E-state index contributed by atoms with van der Waals surface area (Å²) in [6, 6.07) is 5.74. The summed E-state index contributed by atoms with van der Waals surface area (Å²) in [4.78, 5) is 16.1. The monoisotopic (exact) mass is 300 g/mol. The number of benzene rings is 1. The minimum atomic E-state index is -0.351. The Kier molecular flexibility index (Phi) is 3.65. The van der Waals surface area contributed by atoms with Gasteiger partial charge in [0.1, 0.15) is 11.6 Å². The van der Waals surface area contributed by atoms with Crippen molar-refractivity contribution in [3.05, 3.63) is 60.2 Å². The number of carbonyl (C=O) groups excluding carboxylic acids is 1. The van der Waals surface area contributed by atoms with Crippen molar-refractivity contribution < 1.29 is 9.18 Å². The quantitative estimate of drug-likeness (QED) is 0.782. The highest BCUT2D eigenvalue weighted by molar-refractivity contribution is 5.91. The summed E-state index contributed by atoms with van der Waals surface area (Å²) < 4.78 is 16.1. The second-order valence-corrected chi connectivity index (χ2v) is 4.66. The van der Waals surface area contributed by atoms with Crippen LogP contribution >= 0.6 is 0 Å². The van der Waals surface area contributed by atoms with Crippen molar-refractivity contribution in [2.45, 2.75) is 6.54 Å². The predicted octanol–water partition coefficient (Wildman–Crippen LogP) is 1.07. The molecule has 0 aliphatic carbocycles. The Bertz CT molecular complexity index is 792. The average Bonchev–Trinajstić information content (AvgIpc) is 3.15. The molecule has 112 valence electrons. The zero-order valence-corrected chi connectivity index (χ0v) is 11.8. The van der Waals surface area contributed by atoms with Crippen LogP contribution in [-0.2, 0) is 13.6 Å². The lowest BCUT2D eigenvalue weighted by Crippen LogP contribution is -2.24. The van der Waals surface area contributed by atoms with Gasteiger partial charge in [0.2, 0.25) is 0 Å². The van der Waals surface area contributed by atoms with Crippen molar-refractivity contribution in [2.24, 2.45) is 7.05 Å². The van der Waals surface area contributed by atoms with Gasteiger partial charge in [0.15, 0.2) is 5.69 Å². The molecule has 0 radical (unpaired) electrons. The first-order valence-corrected chi connectivity index (χ1v) is 6.56. The van der Waals surface area contributed by atoms with E-state index in [4.69, 9.17) is 0 Å². The Labute approximate surface area is 125 Å². The van der Waals surface area contributed by atoms with Crippen molar-refractivity contribution in [3.63, 3.8) is 0 Å². The lowest BCUT2D eigenvalue weighted by molar-refractivity contribution is 0.0944. The lowest BCUT2D eigenvalue weighted by Gasteiger charge is -2.02. The largest absolute Gasteiger partial charge is 0.343 e. The van der Waals surface area contributed by atoms with Gasteiger partial charge in [0.25, 0.3) is 5.91 Å². The molecule has 1 N–H and O–H groups in total. The van der Waals surface area contributed by atoms with E-state index < -0.39 is 0 Å². The number of carbonyl (C=O) groups is 1. The van der Waals surface area contributed by atoms with E-state index in [1.807, 2.05) is 11.6 Å². The minimum absolute atomic E-state index is 0.179. The molecule has 2 aromatic heterocycles. The maximum atomic E-state index is 12.9. The third kappa shape index (κ3) is 2.85. The van der Waals surface area contributed by atoms with Gasteiger partial charge in [-0.25, -0.2) is 14.1 Å². The number of imidazole rings is 1. The smallest absolute Gasteiger partial charge is 0.273 e. The molecule has 7 nitrogen and oxygen atoms in total. The van der Waals surface area contributed by atoms with Gasteiger partial charge in [0, 0.05) is 19.4 Å². The second-order valence-electron chi connectivity index (χ2n) is 4.66. The highest BCUT2D eigenvalue weighted by atomic mass is 19.1. The number of halogens is 1. The Morgan fingerprint density at radius 2 is 2.09 bits per heavy atom. The van der Waals surface area contributed by atoms with E-state index in [0.29, 0.717) is 12.2 Å². The molecule has 0 aliphatic heterocycles. The van der Waals surface area contributed by atoms with Crippen LogP contribution in [-0.4, -0.2) is 30.5 Å². The molecule has 0 spiro atoms. The summed E-state index contributed by atoms with van der Waals surface area (Å²) in [7, 11) is 1.85. The number of hydrogen-bond donors (Lipinski definition) is 1. The van der Waals surface area contributed by atoms with Gasteiger partial charge in [-0.05, 0) is 24.3 Å². The van der Waals surface area contributed by atoms with Gasteiger partial charge in [0.05, 0.1) is 18.4 Å². The van der Waals surface area contributed by atoms with Crippen LogP contribution in [0, 0.1) is 5.82 Å². The maximum absolute atomic E-state index is 12.9. The number of aryl methyl sites for hydroxylation is 1. The van der Waals surface area contributed by atoms with Crippen LogP contribution in [0.4, 0.5) is 4.39 Å². The summed E-state index contributed by atoms with van der Waals surface area (Å²) in [6.07, 6.45) is 4.94. The molecule has 8 heteroatoms. The molecule has 22 heavy (non-hydrogen) atoms. The molecule has 1 amide bonds. The minimum Gasteiger partial charge on any atom is -0.343 e. The first kappa shape index (κ1) is 13.9. The Hall–Kier alpha value is -3.03. The van der Waals surface area contributed by atoms with E-state index in [1.165, 1.54) is 23.0 Å².